The number of ether oxygens (including phenoxy) is 1. The van der Waals surface area contributed by atoms with Crippen LogP contribution in [0.5, 0.6) is 5.75 Å². The van der Waals surface area contributed by atoms with Crippen LogP contribution < -0.4 is 4.74 Å². The van der Waals surface area contributed by atoms with E-state index in [0.717, 1.165) is 11.4 Å². The molecule has 0 bridgehead atoms. The van der Waals surface area contributed by atoms with Crippen LogP contribution in [0.15, 0.2) is 30.5 Å². The maximum atomic E-state index is 9.28. The van der Waals surface area contributed by atoms with E-state index in [1.807, 2.05) is 25.1 Å². The Labute approximate surface area is 119 Å². The normalized spacial score (nSPS) is 11.2. The molecule has 0 aliphatic heterocycles. The van der Waals surface area contributed by atoms with E-state index in [9.17, 15) is 5.26 Å². The topological polar surface area (TPSA) is 50.8 Å². The van der Waals surface area contributed by atoms with Crippen molar-refractivity contribution in [3.63, 3.8) is 0 Å². The molecular weight excluding hydrogens is 250 g/mol. The molecule has 0 amide bonds. The molecule has 0 aliphatic rings. The van der Waals surface area contributed by atoms with Crippen molar-refractivity contribution in [3.05, 3.63) is 41.7 Å². The van der Waals surface area contributed by atoms with Crippen LogP contribution in [-0.2, 0) is 0 Å². The number of aryl methyl sites for hydroxylation is 1. The Hall–Kier alpha value is -2.28. The second-order valence-electron chi connectivity index (χ2n) is 6.03. The van der Waals surface area contributed by atoms with Crippen molar-refractivity contribution in [2.45, 2.75) is 27.7 Å². The Bertz CT molecular complexity index is 644. The van der Waals surface area contributed by atoms with Crippen molar-refractivity contribution >= 4 is 0 Å². The average molecular weight is 269 g/mol. The van der Waals surface area contributed by atoms with Gasteiger partial charge in [0.15, 0.2) is 0 Å². The molecule has 1 aromatic carbocycles. The van der Waals surface area contributed by atoms with E-state index in [1.165, 1.54) is 0 Å². The van der Waals surface area contributed by atoms with Gasteiger partial charge >= 0.3 is 0 Å². The molecule has 4 nitrogen and oxygen atoms in total. The van der Waals surface area contributed by atoms with Crippen LogP contribution in [-0.4, -0.2) is 16.4 Å². The van der Waals surface area contributed by atoms with Gasteiger partial charge < -0.3 is 4.74 Å². The van der Waals surface area contributed by atoms with E-state index in [-0.39, 0.29) is 5.41 Å². The molecule has 4 heteroatoms. The van der Waals surface area contributed by atoms with Gasteiger partial charge in [0.05, 0.1) is 17.9 Å². The summed E-state index contributed by atoms with van der Waals surface area (Å²) in [5, 5.41) is 13.5. The predicted molar refractivity (Wildman–Crippen MR) is 78.0 cm³/mol. The second-order valence-corrected chi connectivity index (χ2v) is 6.03. The van der Waals surface area contributed by atoms with Crippen LogP contribution in [0.3, 0.4) is 0 Å². The van der Waals surface area contributed by atoms with Crippen molar-refractivity contribution in [1.82, 2.24) is 9.78 Å². The largest absolute Gasteiger partial charge is 0.492 e. The molecule has 0 spiro atoms. The number of nitrogens with zero attached hydrogens (tertiary/aromatic N) is 3. The molecule has 0 unspecified atom stereocenters. The zero-order chi connectivity index (χ0) is 14.8. The van der Waals surface area contributed by atoms with Crippen molar-refractivity contribution in [2.75, 3.05) is 6.61 Å². The van der Waals surface area contributed by atoms with Gasteiger partial charge in [0, 0.05) is 11.9 Å². The van der Waals surface area contributed by atoms with Crippen LogP contribution in [0.25, 0.3) is 5.69 Å². The van der Waals surface area contributed by atoms with E-state index >= 15 is 0 Å². The molecule has 2 aromatic rings. The first-order chi connectivity index (χ1) is 9.40. The van der Waals surface area contributed by atoms with Gasteiger partial charge in [0.2, 0.25) is 0 Å². The number of hydrogen-bond donors (Lipinski definition) is 0. The predicted octanol–water partition coefficient (Wildman–Crippen LogP) is 3.48. The summed E-state index contributed by atoms with van der Waals surface area (Å²) >= 11 is 0. The molecule has 0 aliphatic carbocycles. The van der Waals surface area contributed by atoms with E-state index < -0.39 is 0 Å². The van der Waals surface area contributed by atoms with Gasteiger partial charge in [0.25, 0.3) is 0 Å². The number of nitriles is 1. The first kappa shape index (κ1) is 14.1. The number of benzene rings is 1. The highest BCUT2D eigenvalue weighted by Crippen LogP contribution is 2.24. The molecule has 0 fully saturated rings. The van der Waals surface area contributed by atoms with Gasteiger partial charge in [-0.3, -0.25) is 0 Å². The number of hydrogen-bond acceptors (Lipinski definition) is 3. The lowest BCUT2D eigenvalue weighted by atomic mass is 9.98. The highest BCUT2D eigenvalue weighted by molar-refractivity contribution is 5.50. The Balaban J connectivity index is 2.30. The fraction of sp³-hybridized carbons (Fsp3) is 0.375. The second kappa shape index (κ2) is 5.38. The van der Waals surface area contributed by atoms with Crippen molar-refractivity contribution in [1.29, 1.82) is 5.26 Å². The minimum Gasteiger partial charge on any atom is -0.492 e. The Morgan fingerprint density at radius 3 is 2.60 bits per heavy atom. The number of aromatic nitrogens is 2. The molecule has 104 valence electrons. The summed E-state index contributed by atoms with van der Waals surface area (Å²) in [6.07, 6.45) is 1.74. The monoisotopic (exact) mass is 269 g/mol. The van der Waals surface area contributed by atoms with Gasteiger partial charge in [0.1, 0.15) is 11.8 Å². The average Bonchev–Trinajstić information content (AvgIpc) is 2.81. The van der Waals surface area contributed by atoms with Crippen LogP contribution >= 0.6 is 0 Å². The van der Waals surface area contributed by atoms with Gasteiger partial charge in [-0.25, -0.2) is 4.68 Å². The summed E-state index contributed by atoms with van der Waals surface area (Å²) in [6, 6.07) is 9.67. The van der Waals surface area contributed by atoms with Crippen LogP contribution in [0.4, 0.5) is 0 Å². The molecule has 1 heterocycles. The molecule has 0 saturated carbocycles. The summed E-state index contributed by atoms with van der Waals surface area (Å²) in [7, 11) is 0. The standard InChI is InChI=1S/C16H19N3O/c1-12-7-8-18-19(12)14-5-6-15(13(9-14)10-17)20-11-16(2,3)4/h5-9H,11H2,1-4H3. The Kier molecular flexibility index (Phi) is 3.80. The smallest absolute Gasteiger partial charge is 0.137 e. The van der Waals surface area contributed by atoms with Gasteiger partial charge in [-0.05, 0) is 36.6 Å². The maximum absolute atomic E-state index is 9.28. The third-order valence-corrected chi connectivity index (χ3v) is 2.82. The molecule has 1 aromatic heterocycles. The van der Waals surface area contributed by atoms with E-state index in [2.05, 4.69) is 31.9 Å². The third-order valence-electron chi connectivity index (χ3n) is 2.82. The first-order valence-corrected chi connectivity index (χ1v) is 6.59. The lowest BCUT2D eigenvalue weighted by molar-refractivity contribution is 0.197. The molecule has 0 N–H and O–H groups in total. The molecular formula is C16H19N3O. The minimum atomic E-state index is 0.0595. The lowest BCUT2D eigenvalue weighted by Gasteiger charge is -2.19. The highest BCUT2D eigenvalue weighted by Gasteiger charge is 2.13. The molecule has 2 rings (SSSR count). The van der Waals surface area contributed by atoms with Crippen LogP contribution in [0.2, 0.25) is 0 Å². The highest BCUT2D eigenvalue weighted by atomic mass is 16.5. The fourth-order valence-corrected chi connectivity index (χ4v) is 1.80. The number of rotatable bonds is 3. The molecule has 0 radical (unpaired) electrons. The summed E-state index contributed by atoms with van der Waals surface area (Å²) in [6.45, 7) is 8.84. The quantitative estimate of drug-likeness (QED) is 0.857. The SMILES string of the molecule is Cc1ccnn1-c1ccc(OCC(C)(C)C)c(C#N)c1. The van der Waals surface area contributed by atoms with Crippen molar-refractivity contribution in [2.24, 2.45) is 5.41 Å². The van der Waals surface area contributed by atoms with Crippen LogP contribution in [0, 0.1) is 23.7 Å². The fourth-order valence-electron chi connectivity index (χ4n) is 1.80. The van der Waals surface area contributed by atoms with Gasteiger partial charge in [-0.1, -0.05) is 20.8 Å². The summed E-state index contributed by atoms with van der Waals surface area (Å²) in [5.74, 6) is 0.621. The summed E-state index contributed by atoms with van der Waals surface area (Å²) in [4.78, 5) is 0. The molecule has 20 heavy (non-hydrogen) atoms. The van der Waals surface area contributed by atoms with E-state index in [4.69, 9.17) is 4.74 Å². The van der Waals surface area contributed by atoms with Crippen molar-refractivity contribution < 1.29 is 4.74 Å². The lowest BCUT2D eigenvalue weighted by Crippen LogP contribution is -2.17. The third kappa shape index (κ3) is 3.18. The summed E-state index contributed by atoms with van der Waals surface area (Å²) in [5.41, 5.74) is 2.48. The summed E-state index contributed by atoms with van der Waals surface area (Å²) < 4.78 is 7.54. The van der Waals surface area contributed by atoms with Gasteiger partial charge in [-0.2, -0.15) is 10.4 Å². The van der Waals surface area contributed by atoms with E-state index in [0.29, 0.717) is 17.9 Å². The van der Waals surface area contributed by atoms with Gasteiger partial charge in [-0.15, -0.1) is 0 Å². The zero-order valence-corrected chi connectivity index (χ0v) is 12.3. The Morgan fingerprint density at radius 2 is 2.05 bits per heavy atom. The maximum Gasteiger partial charge on any atom is 0.137 e. The van der Waals surface area contributed by atoms with Crippen LogP contribution in [0.1, 0.15) is 32.0 Å². The first-order valence-electron chi connectivity index (χ1n) is 6.59. The van der Waals surface area contributed by atoms with Crippen molar-refractivity contribution in [3.8, 4) is 17.5 Å². The zero-order valence-electron chi connectivity index (χ0n) is 12.3. The minimum absolute atomic E-state index is 0.0595. The molecule has 0 atom stereocenters. The molecule has 0 saturated heterocycles. The Morgan fingerprint density at radius 1 is 1.30 bits per heavy atom. The van der Waals surface area contributed by atoms with E-state index in [1.54, 1.807) is 16.9 Å².